The van der Waals surface area contributed by atoms with Crippen LogP contribution in [0.2, 0.25) is 0 Å². The molecular formula is C25H45NO2. The zero-order chi connectivity index (χ0) is 20.5. The van der Waals surface area contributed by atoms with Gasteiger partial charge in [-0.05, 0) is 57.6 Å². The molecule has 162 valence electrons. The highest BCUT2D eigenvalue weighted by Crippen LogP contribution is 2.27. The van der Waals surface area contributed by atoms with Gasteiger partial charge in [0.1, 0.15) is 0 Å². The van der Waals surface area contributed by atoms with Crippen molar-refractivity contribution in [3.05, 3.63) is 30.3 Å². The summed E-state index contributed by atoms with van der Waals surface area (Å²) in [5, 5.41) is 3.54. The zero-order valence-electron chi connectivity index (χ0n) is 19.0. The monoisotopic (exact) mass is 391 g/mol. The number of anilines is 1. The van der Waals surface area contributed by atoms with E-state index < -0.39 is 0 Å². The van der Waals surface area contributed by atoms with Gasteiger partial charge in [0.25, 0.3) is 0 Å². The van der Waals surface area contributed by atoms with Crippen LogP contribution in [0.1, 0.15) is 91.9 Å². The first kappa shape index (κ1) is 25.0. The predicted octanol–water partition coefficient (Wildman–Crippen LogP) is 7.42. The number of benzene rings is 1. The van der Waals surface area contributed by atoms with Crippen molar-refractivity contribution in [1.29, 1.82) is 0 Å². The minimum Gasteiger partial charge on any atom is -0.385 e. The Balaban J connectivity index is 2.23. The van der Waals surface area contributed by atoms with Crippen molar-refractivity contribution in [3.8, 4) is 0 Å². The van der Waals surface area contributed by atoms with Gasteiger partial charge in [-0.15, -0.1) is 0 Å². The Bertz CT molecular complexity index is 457. The molecule has 0 aromatic heterocycles. The molecule has 1 rings (SSSR count). The van der Waals surface area contributed by atoms with Crippen molar-refractivity contribution < 1.29 is 9.47 Å². The average Bonchev–Trinajstić information content (AvgIpc) is 2.71. The van der Waals surface area contributed by atoms with E-state index >= 15 is 0 Å². The summed E-state index contributed by atoms with van der Waals surface area (Å²) in [6.45, 7) is 11.1. The molecule has 1 aromatic carbocycles. The van der Waals surface area contributed by atoms with E-state index in [-0.39, 0.29) is 5.79 Å². The zero-order valence-corrected chi connectivity index (χ0v) is 19.0. The van der Waals surface area contributed by atoms with Gasteiger partial charge >= 0.3 is 0 Å². The fraction of sp³-hybridized carbons (Fsp3) is 0.760. The maximum absolute atomic E-state index is 5.96. The summed E-state index contributed by atoms with van der Waals surface area (Å²) in [6, 6.07) is 10.5. The molecule has 0 heterocycles. The van der Waals surface area contributed by atoms with Crippen LogP contribution in [-0.2, 0) is 9.47 Å². The standard InChI is InChI=1S/C25H45NO2/c1-5-16-23(18-15-22-26-24-19-12-9-13-20-24)17-11-10-14-21-25(6-2,27-7-3)28-8-4/h9,12-13,19-20,23,26H,5-8,10-11,14-18,21-22H2,1-4H3. The van der Waals surface area contributed by atoms with E-state index in [1.807, 2.05) is 0 Å². The van der Waals surface area contributed by atoms with E-state index in [1.165, 1.54) is 57.1 Å². The van der Waals surface area contributed by atoms with Crippen LogP contribution in [0.25, 0.3) is 0 Å². The van der Waals surface area contributed by atoms with Crippen molar-refractivity contribution in [3.63, 3.8) is 0 Å². The third-order valence-corrected chi connectivity index (χ3v) is 5.61. The van der Waals surface area contributed by atoms with Crippen LogP contribution in [0.5, 0.6) is 0 Å². The normalized spacial score (nSPS) is 12.9. The van der Waals surface area contributed by atoms with Gasteiger partial charge in [0.05, 0.1) is 0 Å². The Hall–Kier alpha value is -1.06. The Morgan fingerprint density at radius 1 is 0.821 bits per heavy atom. The predicted molar refractivity (Wildman–Crippen MR) is 122 cm³/mol. The molecule has 0 aliphatic heterocycles. The summed E-state index contributed by atoms with van der Waals surface area (Å²) >= 11 is 0. The van der Waals surface area contributed by atoms with Gasteiger partial charge < -0.3 is 14.8 Å². The van der Waals surface area contributed by atoms with E-state index in [2.05, 4.69) is 63.3 Å². The lowest BCUT2D eigenvalue weighted by molar-refractivity contribution is -0.239. The Morgan fingerprint density at radius 2 is 1.50 bits per heavy atom. The summed E-state index contributed by atoms with van der Waals surface area (Å²) in [5.41, 5.74) is 1.23. The molecule has 0 saturated heterocycles. The molecule has 0 saturated carbocycles. The van der Waals surface area contributed by atoms with E-state index in [0.717, 1.165) is 38.5 Å². The summed E-state index contributed by atoms with van der Waals surface area (Å²) in [4.78, 5) is 0. The molecule has 0 aliphatic rings. The molecule has 0 bridgehead atoms. The first-order chi connectivity index (χ1) is 13.7. The van der Waals surface area contributed by atoms with E-state index in [4.69, 9.17) is 9.47 Å². The fourth-order valence-electron chi connectivity index (χ4n) is 4.12. The summed E-state index contributed by atoms with van der Waals surface area (Å²) in [7, 11) is 0. The largest absolute Gasteiger partial charge is 0.385 e. The van der Waals surface area contributed by atoms with Crippen LogP contribution in [-0.4, -0.2) is 25.5 Å². The van der Waals surface area contributed by atoms with Crippen molar-refractivity contribution >= 4 is 5.69 Å². The van der Waals surface area contributed by atoms with Crippen molar-refractivity contribution in [1.82, 2.24) is 0 Å². The lowest BCUT2D eigenvalue weighted by atomic mass is 9.91. The third-order valence-electron chi connectivity index (χ3n) is 5.61. The van der Waals surface area contributed by atoms with Crippen molar-refractivity contribution in [2.75, 3.05) is 25.1 Å². The number of para-hydroxylation sites is 1. The minimum absolute atomic E-state index is 0.352. The van der Waals surface area contributed by atoms with Gasteiger partial charge in [0, 0.05) is 31.9 Å². The molecule has 3 heteroatoms. The number of nitrogens with one attached hydrogen (secondary N) is 1. The molecule has 0 radical (unpaired) electrons. The fourth-order valence-corrected chi connectivity index (χ4v) is 4.12. The maximum atomic E-state index is 5.96. The quantitative estimate of drug-likeness (QED) is 0.208. The SMILES string of the molecule is CCCC(CCCCCC(CC)(OCC)OCC)CCCNc1ccccc1. The molecule has 3 nitrogen and oxygen atoms in total. The topological polar surface area (TPSA) is 30.5 Å². The van der Waals surface area contributed by atoms with Crippen LogP contribution >= 0.6 is 0 Å². The smallest absolute Gasteiger partial charge is 0.167 e. The number of unbranched alkanes of at least 4 members (excludes halogenated alkanes) is 2. The van der Waals surface area contributed by atoms with Crippen LogP contribution in [0.4, 0.5) is 5.69 Å². The first-order valence-electron chi connectivity index (χ1n) is 11.8. The average molecular weight is 392 g/mol. The maximum Gasteiger partial charge on any atom is 0.167 e. The molecule has 0 spiro atoms. The van der Waals surface area contributed by atoms with Crippen LogP contribution in [0.3, 0.4) is 0 Å². The van der Waals surface area contributed by atoms with E-state index in [9.17, 15) is 0 Å². The summed E-state index contributed by atoms with van der Waals surface area (Å²) < 4.78 is 11.9. The van der Waals surface area contributed by atoms with Gasteiger partial charge in [-0.2, -0.15) is 0 Å². The molecule has 1 N–H and O–H groups in total. The van der Waals surface area contributed by atoms with Crippen molar-refractivity contribution in [2.24, 2.45) is 5.92 Å². The summed E-state index contributed by atoms with van der Waals surface area (Å²) in [6.07, 6.45) is 12.4. The lowest BCUT2D eigenvalue weighted by Crippen LogP contribution is -2.35. The number of ether oxygens (including phenoxy) is 2. The van der Waals surface area contributed by atoms with Crippen LogP contribution < -0.4 is 5.32 Å². The van der Waals surface area contributed by atoms with Crippen molar-refractivity contribution in [2.45, 2.75) is 97.7 Å². The van der Waals surface area contributed by atoms with Crippen LogP contribution in [0, 0.1) is 5.92 Å². The molecule has 1 aromatic rings. The first-order valence-corrected chi connectivity index (χ1v) is 11.8. The van der Waals surface area contributed by atoms with Crippen LogP contribution in [0.15, 0.2) is 30.3 Å². The molecule has 0 fully saturated rings. The second kappa shape index (κ2) is 15.8. The molecule has 1 unspecified atom stereocenters. The molecule has 1 atom stereocenters. The Morgan fingerprint density at radius 3 is 2.11 bits per heavy atom. The minimum atomic E-state index is -0.352. The van der Waals surface area contributed by atoms with Gasteiger partial charge in [-0.3, -0.25) is 0 Å². The number of hydrogen-bond acceptors (Lipinski definition) is 3. The van der Waals surface area contributed by atoms with Gasteiger partial charge in [0.2, 0.25) is 0 Å². The van der Waals surface area contributed by atoms with Gasteiger partial charge in [-0.25, -0.2) is 0 Å². The number of rotatable bonds is 18. The number of hydrogen-bond donors (Lipinski definition) is 1. The van der Waals surface area contributed by atoms with E-state index in [0.29, 0.717) is 0 Å². The molecule has 0 amide bonds. The Kier molecular flexibility index (Phi) is 14.1. The molecular weight excluding hydrogens is 346 g/mol. The highest BCUT2D eigenvalue weighted by atomic mass is 16.7. The van der Waals surface area contributed by atoms with Gasteiger partial charge in [0.15, 0.2) is 5.79 Å². The second-order valence-electron chi connectivity index (χ2n) is 7.82. The third kappa shape index (κ3) is 10.5. The molecule has 0 aliphatic carbocycles. The highest BCUT2D eigenvalue weighted by molar-refractivity contribution is 5.42. The van der Waals surface area contributed by atoms with Gasteiger partial charge in [-0.1, -0.05) is 64.2 Å². The Labute approximate surface area is 174 Å². The molecule has 28 heavy (non-hydrogen) atoms. The summed E-state index contributed by atoms with van der Waals surface area (Å²) in [5.74, 6) is 0.521. The lowest BCUT2D eigenvalue weighted by Gasteiger charge is -2.32. The second-order valence-corrected chi connectivity index (χ2v) is 7.82. The van der Waals surface area contributed by atoms with E-state index in [1.54, 1.807) is 0 Å². The highest BCUT2D eigenvalue weighted by Gasteiger charge is 2.28.